The summed E-state index contributed by atoms with van der Waals surface area (Å²) in [7, 11) is 3.33. The highest BCUT2D eigenvalue weighted by atomic mass is 16.5. The fourth-order valence-electron chi connectivity index (χ4n) is 2.01. The number of piperazine rings is 1. The Bertz CT molecular complexity index is 378. The number of benzene rings is 1. The summed E-state index contributed by atoms with van der Waals surface area (Å²) >= 11 is 0. The summed E-state index contributed by atoms with van der Waals surface area (Å²) in [6.07, 6.45) is 0. The second kappa shape index (κ2) is 6.47. The Kier molecular flexibility index (Phi) is 4.66. The van der Waals surface area contributed by atoms with Crippen molar-refractivity contribution < 1.29 is 9.47 Å². The summed E-state index contributed by atoms with van der Waals surface area (Å²) in [6, 6.07) is 5.81. The summed E-state index contributed by atoms with van der Waals surface area (Å²) in [5.41, 5.74) is 0.997. The molecule has 1 aromatic rings. The molecule has 1 saturated heterocycles. The molecule has 0 atom stereocenters. The molecule has 1 aliphatic heterocycles. The minimum absolute atomic E-state index is 0.805. The van der Waals surface area contributed by atoms with Crippen LogP contribution >= 0.6 is 0 Å². The van der Waals surface area contributed by atoms with Gasteiger partial charge in [0.1, 0.15) is 11.5 Å². The van der Waals surface area contributed by atoms with Gasteiger partial charge in [-0.25, -0.2) is 0 Å². The van der Waals surface area contributed by atoms with E-state index in [4.69, 9.17) is 9.47 Å². The quantitative estimate of drug-likeness (QED) is 0.817. The van der Waals surface area contributed by atoms with Crippen LogP contribution in [-0.2, 0) is 0 Å². The van der Waals surface area contributed by atoms with Gasteiger partial charge in [0.15, 0.2) is 0 Å². The molecule has 1 aromatic carbocycles. The SMILES string of the molecule is COc1ccc(NCN2CCNCC2)c(OC)c1. The largest absolute Gasteiger partial charge is 0.497 e. The number of anilines is 1. The van der Waals surface area contributed by atoms with Crippen molar-refractivity contribution in [1.29, 1.82) is 0 Å². The second-order valence-electron chi connectivity index (χ2n) is 4.27. The molecule has 1 aliphatic rings. The van der Waals surface area contributed by atoms with Crippen LogP contribution in [0.25, 0.3) is 0 Å². The van der Waals surface area contributed by atoms with E-state index in [2.05, 4.69) is 15.5 Å². The lowest BCUT2D eigenvalue weighted by Crippen LogP contribution is -2.45. The van der Waals surface area contributed by atoms with Crippen LogP contribution < -0.4 is 20.1 Å². The van der Waals surface area contributed by atoms with Crippen LogP contribution in [0.3, 0.4) is 0 Å². The zero-order chi connectivity index (χ0) is 12.8. The molecular formula is C13H21N3O2. The normalized spacial score (nSPS) is 16.3. The van der Waals surface area contributed by atoms with Crippen molar-refractivity contribution in [2.24, 2.45) is 0 Å². The lowest BCUT2D eigenvalue weighted by molar-refractivity contribution is 0.256. The molecule has 1 heterocycles. The number of hydrogen-bond acceptors (Lipinski definition) is 5. The number of hydrogen-bond donors (Lipinski definition) is 2. The monoisotopic (exact) mass is 251 g/mol. The lowest BCUT2D eigenvalue weighted by atomic mass is 10.2. The van der Waals surface area contributed by atoms with E-state index in [0.29, 0.717) is 0 Å². The predicted octanol–water partition coefficient (Wildman–Crippen LogP) is 0.978. The van der Waals surface area contributed by atoms with Gasteiger partial charge in [-0.3, -0.25) is 4.90 Å². The molecule has 0 bridgehead atoms. The highest BCUT2D eigenvalue weighted by Gasteiger charge is 2.10. The summed E-state index contributed by atoms with van der Waals surface area (Å²) in [5.74, 6) is 1.61. The Morgan fingerprint density at radius 2 is 2.00 bits per heavy atom. The number of nitrogens with zero attached hydrogens (tertiary/aromatic N) is 1. The van der Waals surface area contributed by atoms with Crippen molar-refractivity contribution in [2.75, 3.05) is 52.4 Å². The second-order valence-corrected chi connectivity index (χ2v) is 4.27. The van der Waals surface area contributed by atoms with E-state index < -0.39 is 0 Å². The number of ether oxygens (including phenoxy) is 2. The first-order valence-corrected chi connectivity index (χ1v) is 6.22. The standard InChI is InChI=1S/C13H21N3O2/c1-17-11-3-4-12(13(9-11)18-2)15-10-16-7-5-14-6-8-16/h3-4,9,14-15H,5-8,10H2,1-2H3. The van der Waals surface area contributed by atoms with Gasteiger partial charge in [-0.1, -0.05) is 0 Å². The van der Waals surface area contributed by atoms with Gasteiger partial charge in [-0.2, -0.15) is 0 Å². The Hall–Kier alpha value is -1.46. The smallest absolute Gasteiger partial charge is 0.145 e. The summed E-state index contributed by atoms with van der Waals surface area (Å²) in [6.45, 7) is 5.10. The van der Waals surface area contributed by atoms with E-state index in [1.807, 2.05) is 18.2 Å². The van der Waals surface area contributed by atoms with E-state index >= 15 is 0 Å². The highest BCUT2D eigenvalue weighted by molar-refractivity contribution is 5.59. The molecule has 0 radical (unpaired) electrons. The topological polar surface area (TPSA) is 45.8 Å². The van der Waals surface area contributed by atoms with Gasteiger partial charge in [0, 0.05) is 32.2 Å². The number of methoxy groups -OCH3 is 2. The minimum atomic E-state index is 0.805. The molecule has 5 nitrogen and oxygen atoms in total. The fourth-order valence-corrected chi connectivity index (χ4v) is 2.01. The van der Waals surface area contributed by atoms with Crippen LogP contribution in [0.1, 0.15) is 0 Å². The first kappa shape index (κ1) is 13.0. The third kappa shape index (κ3) is 3.27. The molecule has 100 valence electrons. The van der Waals surface area contributed by atoms with Gasteiger partial charge in [0.2, 0.25) is 0 Å². The first-order chi connectivity index (χ1) is 8.83. The zero-order valence-corrected chi connectivity index (χ0v) is 11.0. The Morgan fingerprint density at radius 3 is 2.67 bits per heavy atom. The van der Waals surface area contributed by atoms with E-state index in [0.717, 1.165) is 50.0 Å². The van der Waals surface area contributed by atoms with Gasteiger partial charge in [-0.05, 0) is 12.1 Å². The molecule has 0 unspecified atom stereocenters. The molecule has 2 N–H and O–H groups in total. The van der Waals surface area contributed by atoms with Crippen LogP contribution in [0.15, 0.2) is 18.2 Å². The predicted molar refractivity (Wildman–Crippen MR) is 72.5 cm³/mol. The van der Waals surface area contributed by atoms with Crippen LogP contribution in [0.5, 0.6) is 11.5 Å². The average molecular weight is 251 g/mol. The van der Waals surface area contributed by atoms with E-state index in [1.54, 1.807) is 14.2 Å². The summed E-state index contributed by atoms with van der Waals surface area (Å²) in [4.78, 5) is 2.38. The van der Waals surface area contributed by atoms with Gasteiger partial charge in [-0.15, -0.1) is 0 Å². The zero-order valence-electron chi connectivity index (χ0n) is 11.0. The molecule has 0 aliphatic carbocycles. The van der Waals surface area contributed by atoms with Crippen LogP contribution in [-0.4, -0.2) is 52.0 Å². The number of rotatable bonds is 5. The van der Waals surface area contributed by atoms with Gasteiger partial charge in [0.25, 0.3) is 0 Å². The molecule has 0 aromatic heterocycles. The molecule has 1 fully saturated rings. The minimum Gasteiger partial charge on any atom is -0.497 e. The van der Waals surface area contributed by atoms with Crippen molar-refractivity contribution in [3.05, 3.63) is 18.2 Å². The van der Waals surface area contributed by atoms with Crippen molar-refractivity contribution in [3.8, 4) is 11.5 Å². The van der Waals surface area contributed by atoms with Crippen LogP contribution in [0.4, 0.5) is 5.69 Å². The van der Waals surface area contributed by atoms with Gasteiger partial charge >= 0.3 is 0 Å². The molecule has 5 heteroatoms. The van der Waals surface area contributed by atoms with Gasteiger partial charge in [0.05, 0.1) is 26.6 Å². The third-order valence-electron chi connectivity index (χ3n) is 3.11. The van der Waals surface area contributed by atoms with Crippen molar-refractivity contribution in [2.45, 2.75) is 0 Å². The van der Waals surface area contributed by atoms with E-state index in [-0.39, 0.29) is 0 Å². The van der Waals surface area contributed by atoms with E-state index in [9.17, 15) is 0 Å². The van der Waals surface area contributed by atoms with E-state index in [1.165, 1.54) is 0 Å². The summed E-state index contributed by atoms with van der Waals surface area (Å²) < 4.78 is 10.5. The van der Waals surface area contributed by atoms with Crippen molar-refractivity contribution in [1.82, 2.24) is 10.2 Å². The Morgan fingerprint density at radius 1 is 1.22 bits per heavy atom. The maximum absolute atomic E-state index is 5.35. The summed E-state index contributed by atoms with van der Waals surface area (Å²) in [5, 5.41) is 6.74. The first-order valence-electron chi connectivity index (χ1n) is 6.22. The molecule has 2 rings (SSSR count). The Balaban J connectivity index is 1.95. The van der Waals surface area contributed by atoms with Crippen molar-refractivity contribution >= 4 is 5.69 Å². The van der Waals surface area contributed by atoms with Crippen LogP contribution in [0.2, 0.25) is 0 Å². The fraction of sp³-hybridized carbons (Fsp3) is 0.538. The molecule has 0 saturated carbocycles. The van der Waals surface area contributed by atoms with Crippen LogP contribution in [0, 0.1) is 0 Å². The maximum Gasteiger partial charge on any atom is 0.145 e. The molecule has 18 heavy (non-hydrogen) atoms. The van der Waals surface area contributed by atoms with Gasteiger partial charge < -0.3 is 20.1 Å². The third-order valence-corrected chi connectivity index (χ3v) is 3.11. The molecular weight excluding hydrogens is 230 g/mol. The number of nitrogens with one attached hydrogen (secondary N) is 2. The maximum atomic E-state index is 5.35. The Labute approximate surface area is 108 Å². The lowest BCUT2D eigenvalue weighted by Gasteiger charge is -2.27. The average Bonchev–Trinajstić information content (AvgIpc) is 2.46. The van der Waals surface area contributed by atoms with Crippen molar-refractivity contribution in [3.63, 3.8) is 0 Å². The molecule has 0 spiro atoms. The highest BCUT2D eigenvalue weighted by Crippen LogP contribution is 2.28. The molecule has 0 amide bonds.